The fraction of sp³-hybridized carbons (Fsp3) is 0.375. The summed E-state index contributed by atoms with van der Waals surface area (Å²) in [5.74, 6) is 0.736. The Kier molecular flexibility index (Phi) is 4.04. The summed E-state index contributed by atoms with van der Waals surface area (Å²) >= 11 is 3.41. The largest absolute Gasteiger partial charge is 0.311 e. The monoisotopic (exact) mass is 349 g/mol. The fourth-order valence-electron chi connectivity index (χ4n) is 2.66. The quantitative estimate of drug-likeness (QED) is 0.895. The molecular formula is C16H17BrFN3. The molecule has 2 heterocycles. The third-order valence-electron chi connectivity index (χ3n) is 3.69. The van der Waals surface area contributed by atoms with Crippen molar-refractivity contribution in [1.29, 1.82) is 0 Å². The summed E-state index contributed by atoms with van der Waals surface area (Å²) < 4.78 is 13.9. The molecule has 1 aromatic carbocycles. The zero-order valence-corrected chi connectivity index (χ0v) is 13.7. The Morgan fingerprint density at radius 3 is 2.81 bits per heavy atom. The number of hydrogen-bond acceptors (Lipinski definition) is 3. The van der Waals surface area contributed by atoms with Crippen molar-refractivity contribution in [3.05, 3.63) is 45.4 Å². The Balaban J connectivity index is 2.17. The normalized spacial score (nSPS) is 14.3. The standard InChI is InChI=1S/C16H17BrFN3/c1-9(2)15-12-5-6-19-8-14(12)20-16(21-15)11-4-3-10(18)7-13(11)17/h3-4,7,9,19H,5-6,8H2,1-2H3. The van der Waals surface area contributed by atoms with Crippen molar-refractivity contribution in [2.24, 2.45) is 0 Å². The molecule has 21 heavy (non-hydrogen) atoms. The molecule has 0 bridgehead atoms. The molecule has 0 atom stereocenters. The molecule has 0 fully saturated rings. The summed E-state index contributed by atoms with van der Waals surface area (Å²) in [6.07, 6.45) is 0.966. The summed E-state index contributed by atoms with van der Waals surface area (Å²) in [7, 11) is 0. The van der Waals surface area contributed by atoms with E-state index in [4.69, 9.17) is 9.97 Å². The summed E-state index contributed by atoms with van der Waals surface area (Å²) in [5.41, 5.74) is 4.26. The van der Waals surface area contributed by atoms with E-state index in [-0.39, 0.29) is 5.82 Å². The van der Waals surface area contributed by atoms with E-state index in [1.165, 1.54) is 17.7 Å². The molecule has 0 aliphatic carbocycles. The Morgan fingerprint density at radius 1 is 1.29 bits per heavy atom. The van der Waals surface area contributed by atoms with Crippen LogP contribution in [0.15, 0.2) is 22.7 Å². The van der Waals surface area contributed by atoms with E-state index in [1.807, 2.05) is 0 Å². The highest BCUT2D eigenvalue weighted by Crippen LogP contribution is 2.30. The number of rotatable bonds is 2. The Morgan fingerprint density at radius 2 is 2.10 bits per heavy atom. The van der Waals surface area contributed by atoms with Crippen molar-refractivity contribution in [2.45, 2.75) is 32.7 Å². The first-order chi connectivity index (χ1) is 10.1. The van der Waals surface area contributed by atoms with Gasteiger partial charge in [0.1, 0.15) is 5.82 Å². The van der Waals surface area contributed by atoms with Gasteiger partial charge < -0.3 is 5.32 Å². The average molecular weight is 350 g/mol. The number of hydrogen-bond donors (Lipinski definition) is 1. The third-order valence-corrected chi connectivity index (χ3v) is 4.34. The zero-order valence-electron chi connectivity index (χ0n) is 12.1. The predicted octanol–water partition coefficient (Wildman–Crippen LogP) is 3.81. The molecule has 1 aliphatic rings. The van der Waals surface area contributed by atoms with E-state index < -0.39 is 0 Å². The van der Waals surface area contributed by atoms with Gasteiger partial charge in [0, 0.05) is 16.6 Å². The van der Waals surface area contributed by atoms with Gasteiger partial charge in [-0.2, -0.15) is 0 Å². The van der Waals surface area contributed by atoms with Crippen molar-refractivity contribution in [1.82, 2.24) is 15.3 Å². The van der Waals surface area contributed by atoms with Crippen LogP contribution in [0.1, 0.15) is 36.7 Å². The number of halogens is 2. The second kappa shape index (κ2) is 5.81. The van der Waals surface area contributed by atoms with Gasteiger partial charge in [-0.15, -0.1) is 0 Å². The van der Waals surface area contributed by atoms with Crippen molar-refractivity contribution < 1.29 is 4.39 Å². The summed E-state index contributed by atoms with van der Waals surface area (Å²) in [5, 5.41) is 3.35. The first-order valence-electron chi connectivity index (χ1n) is 7.12. The maximum atomic E-state index is 13.3. The SMILES string of the molecule is CC(C)c1nc(-c2ccc(F)cc2Br)nc2c1CCNC2. The van der Waals surface area contributed by atoms with E-state index in [1.54, 1.807) is 6.07 Å². The van der Waals surface area contributed by atoms with Gasteiger partial charge in [-0.1, -0.05) is 13.8 Å². The predicted molar refractivity (Wildman–Crippen MR) is 84.6 cm³/mol. The maximum Gasteiger partial charge on any atom is 0.160 e. The fourth-order valence-corrected chi connectivity index (χ4v) is 3.19. The van der Waals surface area contributed by atoms with Crippen LogP contribution in [-0.4, -0.2) is 16.5 Å². The minimum absolute atomic E-state index is 0.269. The van der Waals surface area contributed by atoms with Crippen LogP contribution in [0.2, 0.25) is 0 Å². The van der Waals surface area contributed by atoms with Crippen LogP contribution in [-0.2, 0) is 13.0 Å². The van der Waals surface area contributed by atoms with E-state index in [0.29, 0.717) is 16.2 Å². The van der Waals surface area contributed by atoms with E-state index in [0.717, 1.165) is 36.5 Å². The highest BCUT2D eigenvalue weighted by molar-refractivity contribution is 9.10. The summed E-state index contributed by atoms with van der Waals surface area (Å²) in [4.78, 5) is 9.45. The van der Waals surface area contributed by atoms with Crippen molar-refractivity contribution in [3.8, 4) is 11.4 Å². The first kappa shape index (κ1) is 14.6. The van der Waals surface area contributed by atoms with E-state index >= 15 is 0 Å². The number of nitrogens with one attached hydrogen (secondary N) is 1. The molecule has 0 spiro atoms. The van der Waals surface area contributed by atoms with Gasteiger partial charge in [0.05, 0.1) is 11.4 Å². The number of aromatic nitrogens is 2. The lowest BCUT2D eigenvalue weighted by atomic mass is 9.97. The van der Waals surface area contributed by atoms with Gasteiger partial charge in [0.15, 0.2) is 5.82 Å². The minimum atomic E-state index is -0.269. The summed E-state index contributed by atoms with van der Waals surface area (Å²) in [6, 6.07) is 4.61. The Bertz CT molecular complexity index is 685. The number of benzene rings is 1. The minimum Gasteiger partial charge on any atom is -0.311 e. The lowest BCUT2D eigenvalue weighted by Crippen LogP contribution is -2.27. The van der Waals surface area contributed by atoms with Gasteiger partial charge in [-0.05, 0) is 58.6 Å². The van der Waals surface area contributed by atoms with E-state index in [9.17, 15) is 4.39 Å². The lowest BCUT2D eigenvalue weighted by molar-refractivity contribution is 0.609. The van der Waals surface area contributed by atoms with Crippen LogP contribution >= 0.6 is 15.9 Å². The molecule has 1 aromatic heterocycles. The van der Waals surface area contributed by atoms with Crippen LogP contribution in [0.5, 0.6) is 0 Å². The average Bonchev–Trinajstić information content (AvgIpc) is 2.46. The van der Waals surface area contributed by atoms with Gasteiger partial charge in [-0.3, -0.25) is 0 Å². The number of nitrogens with zero attached hydrogens (tertiary/aromatic N) is 2. The number of fused-ring (bicyclic) bond motifs is 1. The van der Waals surface area contributed by atoms with Crippen LogP contribution in [0.3, 0.4) is 0 Å². The van der Waals surface area contributed by atoms with Crippen LogP contribution in [0.25, 0.3) is 11.4 Å². The van der Waals surface area contributed by atoms with Gasteiger partial charge in [-0.25, -0.2) is 14.4 Å². The molecule has 2 aromatic rings. The first-order valence-corrected chi connectivity index (χ1v) is 7.91. The third kappa shape index (κ3) is 2.85. The Hall–Kier alpha value is -1.33. The molecule has 3 nitrogen and oxygen atoms in total. The van der Waals surface area contributed by atoms with Gasteiger partial charge in [0.2, 0.25) is 0 Å². The second-order valence-electron chi connectivity index (χ2n) is 5.56. The molecule has 1 aliphatic heterocycles. The topological polar surface area (TPSA) is 37.8 Å². The molecule has 5 heteroatoms. The molecule has 110 valence electrons. The van der Waals surface area contributed by atoms with Gasteiger partial charge in [0.25, 0.3) is 0 Å². The van der Waals surface area contributed by atoms with Crippen LogP contribution in [0, 0.1) is 5.82 Å². The molecule has 0 amide bonds. The molecule has 1 N–H and O–H groups in total. The second-order valence-corrected chi connectivity index (χ2v) is 6.42. The van der Waals surface area contributed by atoms with Crippen LogP contribution < -0.4 is 5.32 Å². The molecule has 0 radical (unpaired) electrons. The molecule has 0 saturated heterocycles. The highest BCUT2D eigenvalue weighted by atomic mass is 79.9. The van der Waals surface area contributed by atoms with Crippen molar-refractivity contribution in [2.75, 3.05) is 6.54 Å². The van der Waals surface area contributed by atoms with Crippen molar-refractivity contribution in [3.63, 3.8) is 0 Å². The highest BCUT2D eigenvalue weighted by Gasteiger charge is 2.20. The molecule has 0 unspecified atom stereocenters. The molecule has 0 saturated carbocycles. The molecular weight excluding hydrogens is 333 g/mol. The lowest BCUT2D eigenvalue weighted by Gasteiger charge is -2.22. The Labute approximate surface area is 132 Å². The smallest absolute Gasteiger partial charge is 0.160 e. The maximum absolute atomic E-state index is 13.3. The van der Waals surface area contributed by atoms with Crippen LogP contribution in [0.4, 0.5) is 4.39 Å². The summed E-state index contributed by atoms with van der Waals surface area (Å²) in [6.45, 7) is 6.03. The zero-order chi connectivity index (χ0) is 15.0. The van der Waals surface area contributed by atoms with Crippen molar-refractivity contribution >= 4 is 15.9 Å². The molecule has 3 rings (SSSR count). The van der Waals surface area contributed by atoms with E-state index in [2.05, 4.69) is 35.1 Å². The van der Waals surface area contributed by atoms with Gasteiger partial charge >= 0.3 is 0 Å².